The van der Waals surface area contributed by atoms with Gasteiger partial charge in [-0.1, -0.05) is 44.3 Å². The van der Waals surface area contributed by atoms with Gasteiger partial charge in [0.2, 0.25) is 0 Å². The number of aryl methyl sites for hydroxylation is 1. The summed E-state index contributed by atoms with van der Waals surface area (Å²) >= 11 is 0. The number of rotatable bonds is 6. The number of aromatic amines is 1. The Morgan fingerprint density at radius 3 is 2.45 bits per heavy atom. The number of imidazole rings is 1. The molecule has 2 aromatic carbocycles. The second-order valence-corrected chi connectivity index (χ2v) is 9.64. The van der Waals surface area contributed by atoms with Crippen LogP contribution in [-0.4, -0.2) is 17.1 Å². The molecule has 0 aliphatic carbocycles. The lowest BCUT2D eigenvalue weighted by Crippen LogP contribution is -3.00. The monoisotopic (exact) mass is 511 g/mol. The number of H-pyrrole nitrogens is 1. The van der Waals surface area contributed by atoms with E-state index in [4.69, 9.17) is 4.74 Å². The van der Waals surface area contributed by atoms with E-state index in [0.717, 1.165) is 34.0 Å². The highest BCUT2D eigenvalue weighted by Gasteiger charge is 2.32. The van der Waals surface area contributed by atoms with Crippen LogP contribution in [0, 0.1) is 13.8 Å². The molecular weight excluding hydrogens is 491 g/mol. The Morgan fingerprint density at radius 1 is 1.06 bits per heavy atom. The van der Waals surface area contributed by atoms with Crippen molar-refractivity contribution in [1.82, 2.24) is 9.97 Å². The number of benzene rings is 2. The van der Waals surface area contributed by atoms with E-state index >= 15 is 0 Å². The zero-order chi connectivity index (χ0) is 22.9. The molecule has 174 valence electrons. The van der Waals surface area contributed by atoms with E-state index in [1.807, 2.05) is 23.8 Å². The number of nitrogens with zero attached hydrogens (tertiary/aromatic N) is 2. The van der Waals surface area contributed by atoms with Crippen LogP contribution >= 0.6 is 21.6 Å². The van der Waals surface area contributed by atoms with Crippen LogP contribution in [0.5, 0.6) is 5.75 Å². The Balaban J connectivity index is 0.00000306. The lowest BCUT2D eigenvalue weighted by atomic mass is 10.2. The third-order valence-electron chi connectivity index (χ3n) is 5.09. The smallest absolute Gasteiger partial charge is 0.416 e. The van der Waals surface area contributed by atoms with Crippen molar-refractivity contribution in [3.63, 3.8) is 0 Å². The molecule has 0 spiro atoms. The highest BCUT2D eigenvalue weighted by Crippen LogP contribution is 2.35. The van der Waals surface area contributed by atoms with E-state index in [0.29, 0.717) is 17.2 Å². The van der Waals surface area contributed by atoms with Crippen molar-refractivity contribution in [1.29, 1.82) is 0 Å². The first-order valence-corrected chi connectivity index (χ1v) is 12.1. The summed E-state index contributed by atoms with van der Waals surface area (Å²) in [6, 6.07) is 13.7. The number of ether oxygens (including phenoxy) is 1. The highest BCUT2D eigenvalue weighted by molar-refractivity contribution is 8.76. The van der Waals surface area contributed by atoms with E-state index in [9.17, 15) is 13.2 Å². The number of pyridine rings is 1. The molecule has 0 amide bonds. The number of hydrogen-bond donors (Lipinski definition) is 1. The van der Waals surface area contributed by atoms with Crippen molar-refractivity contribution >= 4 is 32.6 Å². The molecule has 4 aromatic rings. The summed E-state index contributed by atoms with van der Waals surface area (Å²) in [6.07, 6.45) is -2.59. The average Bonchev–Trinajstić information content (AvgIpc) is 3.18. The third kappa shape index (κ3) is 5.59. The molecule has 0 bridgehead atoms. The van der Waals surface area contributed by atoms with Gasteiger partial charge < -0.3 is 17.1 Å². The number of methoxy groups -OCH3 is 1. The van der Waals surface area contributed by atoms with Crippen molar-refractivity contribution in [3.8, 4) is 11.7 Å². The Bertz CT molecular complexity index is 1260. The zero-order valence-corrected chi connectivity index (χ0v) is 20.4. The maximum absolute atomic E-state index is 13.1. The Hall–Kier alpha value is -2.36. The van der Waals surface area contributed by atoms with Crippen molar-refractivity contribution < 1.29 is 34.9 Å². The largest absolute Gasteiger partial charge is 1.00 e. The van der Waals surface area contributed by atoms with Gasteiger partial charge in [-0.05, 0) is 44.2 Å². The van der Waals surface area contributed by atoms with Crippen LogP contribution in [0.1, 0.15) is 22.4 Å². The minimum atomic E-state index is -4.41. The van der Waals surface area contributed by atoms with E-state index in [-0.39, 0.29) is 17.9 Å². The summed E-state index contributed by atoms with van der Waals surface area (Å²) < 4.78 is 46.6. The van der Waals surface area contributed by atoms with Crippen LogP contribution in [0.2, 0.25) is 0 Å². The average molecular weight is 512 g/mol. The molecule has 0 unspecified atom stereocenters. The molecule has 0 fully saturated rings. The summed E-state index contributed by atoms with van der Waals surface area (Å²) in [7, 11) is 4.95. The number of aromatic nitrogens is 3. The van der Waals surface area contributed by atoms with Crippen LogP contribution < -0.4 is 21.7 Å². The van der Waals surface area contributed by atoms with Crippen LogP contribution in [0.15, 0.2) is 59.6 Å². The summed E-state index contributed by atoms with van der Waals surface area (Å²) in [5, 5.41) is 0. The quantitative estimate of drug-likeness (QED) is 0.318. The number of nitrogens with one attached hydrogen (secondary N) is 1. The Morgan fingerprint density at radius 2 is 1.79 bits per heavy atom. The lowest BCUT2D eigenvalue weighted by molar-refractivity contribution is -0.610. The van der Waals surface area contributed by atoms with E-state index in [1.165, 1.54) is 11.6 Å². The summed E-state index contributed by atoms with van der Waals surface area (Å²) in [4.78, 5) is 8.73. The normalized spacial score (nSPS) is 11.5. The molecule has 2 heterocycles. The number of hydrogen-bond acceptors (Lipinski definition) is 4. The van der Waals surface area contributed by atoms with Gasteiger partial charge in [0.1, 0.15) is 17.0 Å². The second kappa shape index (κ2) is 10.3. The maximum Gasteiger partial charge on any atom is 0.416 e. The van der Waals surface area contributed by atoms with Gasteiger partial charge in [0.25, 0.3) is 0 Å². The van der Waals surface area contributed by atoms with E-state index < -0.39 is 11.7 Å². The fourth-order valence-corrected chi connectivity index (χ4v) is 5.47. The van der Waals surface area contributed by atoms with Crippen LogP contribution in [0.25, 0.3) is 17.0 Å². The van der Waals surface area contributed by atoms with Gasteiger partial charge in [-0.15, -0.1) is 0 Å². The second-order valence-electron chi connectivity index (χ2n) is 7.27. The predicted octanol–water partition coefficient (Wildman–Crippen LogP) is 3.43. The van der Waals surface area contributed by atoms with Gasteiger partial charge in [0, 0.05) is 16.5 Å². The van der Waals surface area contributed by atoms with Crippen molar-refractivity contribution in [2.75, 3.05) is 7.11 Å². The van der Waals surface area contributed by atoms with Crippen molar-refractivity contribution in [3.05, 3.63) is 77.1 Å². The molecule has 0 saturated carbocycles. The number of halogens is 4. The molecule has 4 rings (SSSR count). The standard InChI is InChI=1S/C23H21F3N3OS2.ClH/c1-14-4-7-17(8-5-14)32-31-13-20-15(2)21(30-3)10-11-29(20)22-27-18-9-6-16(23(24,25)26)12-19(18)28-22;/h4-12H,13H2,1-3H3,(H,27,28);1H/q+1;/p-1. The molecule has 33 heavy (non-hydrogen) atoms. The van der Waals surface area contributed by atoms with Gasteiger partial charge in [-0.25, -0.2) is 9.55 Å². The first kappa shape index (κ1) is 25.3. The molecule has 1 N–H and O–H groups in total. The topological polar surface area (TPSA) is 41.8 Å². The van der Waals surface area contributed by atoms with Crippen LogP contribution in [0.3, 0.4) is 0 Å². The number of alkyl halides is 3. The molecule has 0 atom stereocenters. The maximum atomic E-state index is 13.1. The first-order chi connectivity index (χ1) is 15.3. The van der Waals surface area contributed by atoms with E-state index in [2.05, 4.69) is 41.2 Å². The molecule has 0 saturated heterocycles. The SMILES string of the molecule is COc1cc[n+](-c2nc3cc(C(F)(F)F)ccc3[nH]2)c(CSSc2ccc(C)cc2)c1C.[Cl-]. The van der Waals surface area contributed by atoms with Gasteiger partial charge in [0.15, 0.2) is 5.52 Å². The zero-order valence-electron chi connectivity index (χ0n) is 18.0. The van der Waals surface area contributed by atoms with E-state index in [1.54, 1.807) is 28.7 Å². The van der Waals surface area contributed by atoms with Crippen LogP contribution in [0.4, 0.5) is 13.2 Å². The lowest BCUT2D eigenvalue weighted by Gasteiger charge is -2.12. The van der Waals surface area contributed by atoms with Crippen LogP contribution in [-0.2, 0) is 11.9 Å². The Labute approximate surface area is 203 Å². The molecule has 4 nitrogen and oxygen atoms in total. The minimum absolute atomic E-state index is 0. The minimum Gasteiger partial charge on any atom is -1.00 e. The highest BCUT2D eigenvalue weighted by atomic mass is 35.5. The fourth-order valence-electron chi connectivity index (χ4n) is 3.31. The molecule has 0 radical (unpaired) electrons. The van der Waals surface area contributed by atoms with Gasteiger partial charge >= 0.3 is 12.1 Å². The van der Waals surface area contributed by atoms with Gasteiger partial charge in [0.05, 0.1) is 24.6 Å². The predicted molar refractivity (Wildman–Crippen MR) is 122 cm³/mol. The molecule has 0 aliphatic rings. The number of fused-ring (bicyclic) bond motifs is 1. The summed E-state index contributed by atoms with van der Waals surface area (Å²) in [5.74, 6) is 1.85. The molecular formula is C23H21ClF3N3OS2. The third-order valence-corrected chi connectivity index (χ3v) is 7.34. The summed E-state index contributed by atoms with van der Waals surface area (Å²) in [6.45, 7) is 4.02. The molecule has 0 aliphatic heterocycles. The summed E-state index contributed by atoms with van der Waals surface area (Å²) in [5.41, 5.74) is 3.20. The fraction of sp³-hybridized carbons (Fsp3) is 0.217. The van der Waals surface area contributed by atoms with Crippen molar-refractivity contribution in [2.45, 2.75) is 30.7 Å². The van der Waals surface area contributed by atoms with Gasteiger partial charge in [-0.2, -0.15) is 13.2 Å². The van der Waals surface area contributed by atoms with Crippen molar-refractivity contribution in [2.24, 2.45) is 0 Å². The Kier molecular flexibility index (Phi) is 7.87. The molecule has 10 heteroatoms. The molecule has 2 aromatic heterocycles. The van der Waals surface area contributed by atoms with Gasteiger partial charge in [-0.3, -0.25) is 0 Å². The first-order valence-electron chi connectivity index (χ1n) is 9.78.